The predicted octanol–water partition coefficient (Wildman–Crippen LogP) is 4.96. The van der Waals surface area contributed by atoms with Crippen LogP contribution in [0.1, 0.15) is 23.0 Å². The molecule has 0 saturated carbocycles. The van der Waals surface area contributed by atoms with E-state index in [1.54, 1.807) is 9.15 Å². The van der Waals surface area contributed by atoms with Gasteiger partial charge in [0.05, 0.1) is 0 Å². The van der Waals surface area contributed by atoms with Crippen LogP contribution in [-0.2, 0) is 0 Å². The third-order valence-corrected chi connectivity index (χ3v) is 12.0. The van der Waals surface area contributed by atoms with Crippen LogP contribution in [0, 0.1) is 0 Å². The Kier molecular flexibility index (Phi) is 2.82. The SMILES string of the molecule is [CH3][Sn]([CH3])([CH3])[C]1=C(Br)[C@H]2C=C[C@@H]1c1ccccc12. The molecule has 2 atom stereocenters. The van der Waals surface area contributed by atoms with Crippen LogP contribution in [0.3, 0.4) is 0 Å². The summed E-state index contributed by atoms with van der Waals surface area (Å²) in [6.45, 7) is 0. The fraction of sp³-hybridized carbons (Fsp3) is 0.333. The zero-order valence-corrected chi connectivity index (χ0v) is 14.9. The molecule has 88 valence electrons. The summed E-state index contributed by atoms with van der Waals surface area (Å²) in [6, 6.07) is 8.94. The zero-order chi connectivity index (χ0) is 12.2. The first-order valence-corrected chi connectivity index (χ1v) is 17.0. The summed E-state index contributed by atoms with van der Waals surface area (Å²) >= 11 is 1.88. The Morgan fingerprint density at radius 1 is 0.941 bits per heavy atom. The number of hydrogen-bond acceptors (Lipinski definition) is 0. The van der Waals surface area contributed by atoms with E-state index >= 15 is 0 Å². The van der Waals surface area contributed by atoms with E-state index in [9.17, 15) is 0 Å². The van der Waals surface area contributed by atoms with Gasteiger partial charge in [-0.2, -0.15) is 0 Å². The average Bonchev–Trinajstić information content (AvgIpc) is 2.28. The molecule has 0 fully saturated rings. The monoisotopic (exact) mass is 396 g/mol. The molecule has 4 rings (SSSR count). The average molecular weight is 396 g/mol. The van der Waals surface area contributed by atoms with Crippen LogP contribution in [0.5, 0.6) is 0 Å². The second-order valence-electron chi connectivity index (χ2n) is 5.98. The summed E-state index contributed by atoms with van der Waals surface area (Å²) in [4.78, 5) is 7.55. The second kappa shape index (κ2) is 3.99. The number of hydrogen-bond donors (Lipinski definition) is 0. The van der Waals surface area contributed by atoms with Gasteiger partial charge in [0.1, 0.15) is 0 Å². The van der Waals surface area contributed by atoms with Gasteiger partial charge in [0, 0.05) is 0 Å². The summed E-state index contributed by atoms with van der Waals surface area (Å²) in [5, 5.41) is 0. The van der Waals surface area contributed by atoms with E-state index in [0.717, 1.165) is 0 Å². The van der Waals surface area contributed by atoms with Crippen LogP contribution in [-0.4, -0.2) is 18.4 Å². The molecule has 0 heterocycles. The standard InChI is InChI=1S/C12H8Br.3CH3.Sn/c13-12-7-8-5-6-11(12)10-4-2-1-3-9(8)10;;;;/h1-6,8,11H;3*1H3;/t8-,11-;;;;/m0..../s1. The molecule has 0 aromatic heterocycles. The molecular formula is C15H17BrSn. The van der Waals surface area contributed by atoms with Crippen molar-refractivity contribution >= 4 is 34.3 Å². The normalized spacial score (nSPS) is 26.4. The summed E-state index contributed by atoms with van der Waals surface area (Å²) in [7, 11) is 0. The molecule has 0 nitrogen and oxygen atoms in total. The zero-order valence-electron chi connectivity index (χ0n) is 10.5. The third-order valence-electron chi connectivity index (χ3n) is 3.81. The van der Waals surface area contributed by atoms with Gasteiger partial charge < -0.3 is 0 Å². The molecule has 0 aliphatic heterocycles. The Morgan fingerprint density at radius 3 is 2.06 bits per heavy atom. The van der Waals surface area contributed by atoms with E-state index in [1.165, 1.54) is 10.0 Å². The molecule has 0 radical (unpaired) electrons. The molecule has 17 heavy (non-hydrogen) atoms. The molecule has 0 N–H and O–H groups in total. The molecule has 0 saturated heterocycles. The van der Waals surface area contributed by atoms with Crippen molar-refractivity contribution in [1.29, 1.82) is 0 Å². The van der Waals surface area contributed by atoms with Gasteiger partial charge in [-0.1, -0.05) is 0 Å². The molecule has 0 spiro atoms. The number of rotatable bonds is 1. The maximum absolute atomic E-state index is 3.90. The summed E-state index contributed by atoms with van der Waals surface area (Å²) in [5.41, 5.74) is 3.05. The number of benzene rings is 1. The van der Waals surface area contributed by atoms with Gasteiger partial charge >= 0.3 is 117 Å². The fourth-order valence-corrected chi connectivity index (χ4v) is 13.6. The molecule has 1 aromatic carbocycles. The van der Waals surface area contributed by atoms with Crippen LogP contribution >= 0.6 is 15.9 Å². The summed E-state index contributed by atoms with van der Waals surface area (Å²) < 4.78 is 3.23. The van der Waals surface area contributed by atoms with Gasteiger partial charge in [-0.3, -0.25) is 0 Å². The quantitative estimate of drug-likeness (QED) is 0.465. The minimum atomic E-state index is -2.02. The Hall–Kier alpha value is -0.0213. The van der Waals surface area contributed by atoms with Gasteiger partial charge in [-0.15, -0.1) is 0 Å². The second-order valence-corrected chi connectivity index (χ2v) is 21.2. The van der Waals surface area contributed by atoms with Crippen molar-refractivity contribution in [3.63, 3.8) is 0 Å². The van der Waals surface area contributed by atoms with E-state index < -0.39 is 18.4 Å². The summed E-state index contributed by atoms with van der Waals surface area (Å²) in [6.07, 6.45) is 4.80. The van der Waals surface area contributed by atoms with Crippen LogP contribution in [0.2, 0.25) is 14.8 Å². The molecule has 0 unspecified atom stereocenters. The summed E-state index contributed by atoms with van der Waals surface area (Å²) in [5.74, 6) is 1.04. The van der Waals surface area contributed by atoms with Crippen molar-refractivity contribution in [3.8, 4) is 0 Å². The first kappa shape index (κ1) is 12.0. The molecule has 2 bridgehead atoms. The van der Waals surface area contributed by atoms with E-state index in [0.29, 0.717) is 11.8 Å². The molecule has 3 aliphatic carbocycles. The van der Waals surface area contributed by atoms with Gasteiger partial charge in [0.15, 0.2) is 0 Å². The van der Waals surface area contributed by atoms with E-state index in [1.807, 2.05) is 0 Å². The van der Waals surface area contributed by atoms with Gasteiger partial charge in [0.25, 0.3) is 0 Å². The van der Waals surface area contributed by atoms with Gasteiger partial charge in [-0.25, -0.2) is 0 Å². The molecule has 2 heteroatoms. The minimum absolute atomic E-state index is 0.488. The van der Waals surface area contributed by atoms with Gasteiger partial charge in [0.2, 0.25) is 0 Å². The van der Waals surface area contributed by atoms with Crippen LogP contribution in [0.25, 0.3) is 0 Å². The Morgan fingerprint density at radius 2 is 1.47 bits per heavy atom. The predicted molar refractivity (Wildman–Crippen MR) is 80.4 cm³/mol. The molecule has 3 aliphatic rings. The van der Waals surface area contributed by atoms with Crippen molar-refractivity contribution in [3.05, 3.63) is 55.6 Å². The third kappa shape index (κ3) is 1.77. The van der Waals surface area contributed by atoms with Crippen molar-refractivity contribution in [2.24, 2.45) is 0 Å². The van der Waals surface area contributed by atoms with Crippen molar-refractivity contribution in [2.45, 2.75) is 26.7 Å². The van der Waals surface area contributed by atoms with E-state index in [2.05, 4.69) is 67.2 Å². The molecule has 1 aromatic rings. The molecule has 0 amide bonds. The van der Waals surface area contributed by atoms with E-state index in [4.69, 9.17) is 0 Å². The number of allylic oxidation sites excluding steroid dienone is 4. The Bertz CT molecular complexity index is 534. The van der Waals surface area contributed by atoms with Crippen LogP contribution in [0.4, 0.5) is 0 Å². The first-order valence-electron chi connectivity index (χ1n) is 6.17. The van der Waals surface area contributed by atoms with Crippen molar-refractivity contribution in [2.75, 3.05) is 0 Å². The Labute approximate surface area is 116 Å². The van der Waals surface area contributed by atoms with Crippen LogP contribution in [0.15, 0.2) is 44.5 Å². The van der Waals surface area contributed by atoms with Crippen molar-refractivity contribution < 1.29 is 0 Å². The van der Waals surface area contributed by atoms with E-state index in [-0.39, 0.29) is 0 Å². The van der Waals surface area contributed by atoms with Gasteiger partial charge in [-0.05, 0) is 0 Å². The fourth-order valence-electron chi connectivity index (χ4n) is 3.12. The van der Waals surface area contributed by atoms with Crippen LogP contribution < -0.4 is 0 Å². The Balaban J connectivity index is 2.22. The maximum atomic E-state index is 3.90. The first-order chi connectivity index (χ1) is 8.00. The molecular weight excluding hydrogens is 379 g/mol. The topological polar surface area (TPSA) is 0 Å². The van der Waals surface area contributed by atoms with Crippen molar-refractivity contribution in [1.82, 2.24) is 0 Å². The number of halogens is 1.